The number of alkyl halides is 2. The Morgan fingerprint density at radius 3 is 2.50 bits per heavy atom. The van der Waals surface area contributed by atoms with Crippen molar-refractivity contribution in [3.05, 3.63) is 82.2 Å². The molecule has 0 aliphatic heterocycles. The molecule has 0 bridgehead atoms. The van der Waals surface area contributed by atoms with Gasteiger partial charge >= 0.3 is 0 Å². The summed E-state index contributed by atoms with van der Waals surface area (Å²) in [5, 5.41) is 11.6. The monoisotopic (exact) mass is 452 g/mol. The zero-order chi connectivity index (χ0) is 23.3. The lowest BCUT2D eigenvalue weighted by atomic mass is 9.81. The van der Waals surface area contributed by atoms with Gasteiger partial charge in [-0.3, -0.25) is 10.1 Å². The van der Waals surface area contributed by atoms with Gasteiger partial charge in [-0.2, -0.15) is 5.26 Å². The maximum absolute atomic E-state index is 13.0. The van der Waals surface area contributed by atoms with E-state index in [9.17, 15) is 18.8 Å². The molecule has 164 valence electrons. The molecule has 1 heterocycles. The Morgan fingerprint density at radius 1 is 1.19 bits per heavy atom. The first-order valence-electron chi connectivity index (χ1n) is 9.83. The number of rotatable bonds is 7. The Labute approximate surface area is 189 Å². The van der Waals surface area contributed by atoms with Crippen molar-refractivity contribution in [1.29, 1.82) is 5.26 Å². The summed E-state index contributed by atoms with van der Waals surface area (Å²) < 4.78 is 26.0. The molecule has 0 aliphatic carbocycles. The second-order valence-electron chi connectivity index (χ2n) is 7.45. The van der Waals surface area contributed by atoms with E-state index in [0.29, 0.717) is 12.0 Å². The van der Waals surface area contributed by atoms with E-state index in [1.807, 2.05) is 44.2 Å². The molecule has 2 atom stereocenters. The van der Waals surface area contributed by atoms with Crippen molar-refractivity contribution in [2.45, 2.75) is 31.7 Å². The number of carbonyl (C=O) groups is 1. The van der Waals surface area contributed by atoms with Crippen molar-refractivity contribution < 1.29 is 13.6 Å². The number of nitrogens with two attached hydrogens (primary N) is 1. The summed E-state index contributed by atoms with van der Waals surface area (Å²) in [6.45, 7) is 3.82. The van der Waals surface area contributed by atoms with E-state index in [2.05, 4.69) is 16.4 Å². The van der Waals surface area contributed by atoms with E-state index in [4.69, 9.17) is 5.73 Å². The summed E-state index contributed by atoms with van der Waals surface area (Å²) >= 11 is 1.50. The lowest BCUT2D eigenvalue weighted by Crippen LogP contribution is -2.36. The predicted molar refractivity (Wildman–Crippen MR) is 122 cm³/mol. The van der Waals surface area contributed by atoms with Crippen LogP contribution in [-0.4, -0.2) is 12.4 Å². The second-order valence-corrected chi connectivity index (χ2v) is 8.54. The quantitative estimate of drug-likeness (QED) is 0.289. The number of halogens is 2. The highest BCUT2D eigenvalue weighted by Gasteiger charge is 2.36. The van der Waals surface area contributed by atoms with E-state index in [-0.39, 0.29) is 17.4 Å². The fourth-order valence-electron chi connectivity index (χ4n) is 3.47. The highest BCUT2D eigenvalue weighted by Crippen LogP contribution is 2.45. The molecule has 0 saturated carbocycles. The summed E-state index contributed by atoms with van der Waals surface area (Å²) in [5.41, 5.74) is 7.25. The molecule has 0 aliphatic rings. The predicted octanol–water partition coefficient (Wildman–Crippen LogP) is 5.30. The number of nitrogens with one attached hydrogen (secondary N) is 1. The highest BCUT2D eigenvalue weighted by molar-refractivity contribution is 7.15. The van der Waals surface area contributed by atoms with Crippen molar-refractivity contribution in [1.82, 2.24) is 5.32 Å². The number of thiophene rings is 1. The van der Waals surface area contributed by atoms with E-state index >= 15 is 0 Å². The first kappa shape index (κ1) is 23.1. The van der Waals surface area contributed by atoms with Crippen molar-refractivity contribution in [2.24, 2.45) is 10.7 Å². The third kappa shape index (κ3) is 4.84. The van der Waals surface area contributed by atoms with E-state index < -0.39 is 12.0 Å². The van der Waals surface area contributed by atoms with Crippen molar-refractivity contribution in [3.63, 3.8) is 0 Å². The summed E-state index contributed by atoms with van der Waals surface area (Å²) in [7, 11) is 0. The Balaban J connectivity index is 2.06. The molecule has 2 aromatic carbocycles. The molecule has 1 amide bonds. The first-order chi connectivity index (χ1) is 15.3. The first-order valence-corrected chi connectivity index (χ1v) is 10.6. The smallest absolute Gasteiger partial charge is 0.263 e. The van der Waals surface area contributed by atoms with Gasteiger partial charge in [-0.25, -0.2) is 13.8 Å². The molecule has 5 nitrogen and oxygen atoms in total. The fourth-order valence-corrected chi connectivity index (χ4v) is 4.65. The van der Waals surface area contributed by atoms with Crippen LogP contribution in [0.25, 0.3) is 10.4 Å². The van der Waals surface area contributed by atoms with Crippen LogP contribution in [0.5, 0.6) is 0 Å². The summed E-state index contributed by atoms with van der Waals surface area (Å²) in [6, 6.07) is 19.4. The summed E-state index contributed by atoms with van der Waals surface area (Å²) in [6.07, 6.45) is -2.09. The van der Waals surface area contributed by atoms with E-state index in [1.54, 1.807) is 18.2 Å². The van der Waals surface area contributed by atoms with E-state index in [1.165, 1.54) is 23.5 Å². The SMILES string of the molecule is CC(c1ccc(C(F)F)cc1)C(C)(N=C(N)NC=O)c1ccc(-c2cccc(C#N)c2)s1. The number of nitriles is 1. The van der Waals surface area contributed by atoms with Crippen LogP contribution in [0.4, 0.5) is 8.78 Å². The molecule has 3 N–H and O–H groups in total. The number of guanidine groups is 1. The van der Waals surface area contributed by atoms with Gasteiger partial charge in [0.25, 0.3) is 6.43 Å². The topological polar surface area (TPSA) is 91.3 Å². The minimum Gasteiger partial charge on any atom is -0.370 e. The number of amides is 1. The number of aliphatic imine (C=N–C) groups is 1. The van der Waals surface area contributed by atoms with Gasteiger partial charge in [0.15, 0.2) is 5.96 Å². The molecule has 32 heavy (non-hydrogen) atoms. The lowest BCUT2D eigenvalue weighted by molar-refractivity contribution is -0.108. The van der Waals surface area contributed by atoms with Gasteiger partial charge in [-0.15, -0.1) is 11.3 Å². The molecule has 0 fully saturated rings. The van der Waals surface area contributed by atoms with Crippen LogP contribution in [0.15, 0.2) is 65.7 Å². The van der Waals surface area contributed by atoms with Crippen LogP contribution in [-0.2, 0) is 10.3 Å². The summed E-state index contributed by atoms with van der Waals surface area (Å²) in [5.74, 6) is -0.293. The van der Waals surface area contributed by atoms with Crippen LogP contribution in [0, 0.1) is 11.3 Å². The van der Waals surface area contributed by atoms with Gasteiger partial charge in [0, 0.05) is 21.2 Å². The molecule has 2 unspecified atom stereocenters. The number of nitrogens with zero attached hydrogens (tertiary/aromatic N) is 2. The van der Waals surface area contributed by atoms with Gasteiger partial charge in [-0.1, -0.05) is 43.3 Å². The largest absolute Gasteiger partial charge is 0.370 e. The van der Waals surface area contributed by atoms with Gasteiger partial charge in [-0.05, 0) is 42.3 Å². The number of hydrogen-bond donors (Lipinski definition) is 2. The average molecular weight is 453 g/mol. The number of carbonyl (C=O) groups excluding carboxylic acids is 1. The Bertz CT molecular complexity index is 1170. The third-order valence-corrected chi connectivity index (χ3v) is 6.83. The van der Waals surface area contributed by atoms with E-state index in [0.717, 1.165) is 20.9 Å². The molecule has 1 aromatic heterocycles. The van der Waals surface area contributed by atoms with Crippen LogP contribution in [0.2, 0.25) is 0 Å². The molecule has 0 spiro atoms. The Morgan fingerprint density at radius 2 is 1.88 bits per heavy atom. The molecule has 3 aromatic rings. The maximum Gasteiger partial charge on any atom is 0.263 e. The number of benzene rings is 2. The van der Waals surface area contributed by atoms with Crippen molar-refractivity contribution in [2.75, 3.05) is 0 Å². The Kier molecular flexibility index (Phi) is 7.01. The average Bonchev–Trinajstić information content (AvgIpc) is 3.30. The van der Waals surface area contributed by atoms with Gasteiger partial charge < -0.3 is 5.73 Å². The standard InChI is InChI=1S/C24H22F2N4OS/c1-15(17-6-8-18(9-7-17)22(25)26)24(2,30-23(28)29-14-31)21-11-10-20(32-21)19-5-3-4-16(12-19)13-27/h3-12,14-15,22H,1-2H3,(H3,28,29,30,31). The van der Waals surface area contributed by atoms with Gasteiger partial charge in [0.05, 0.1) is 11.6 Å². The number of hydrogen-bond acceptors (Lipinski definition) is 4. The fraction of sp³-hybridized carbons (Fsp3) is 0.208. The molecule has 0 saturated heterocycles. The molecular formula is C24H22F2N4OS. The maximum atomic E-state index is 13.0. The van der Waals surface area contributed by atoms with Gasteiger partial charge in [0.1, 0.15) is 5.54 Å². The lowest BCUT2D eigenvalue weighted by Gasteiger charge is -2.32. The third-order valence-electron chi connectivity index (χ3n) is 5.47. The van der Waals surface area contributed by atoms with Crippen molar-refractivity contribution >= 4 is 23.7 Å². The molecule has 8 heteroatoms. The zero-order valence-electron chi connectivity index (χ0n) is 17.5. The minimum absolute atomic E-state index is 0.0417. The van der Waals surface area contributed by atoms with Crippen molar-refractivity contribution in [3.8, 4) is 16.5 Å². The van der Waals surface area contributed by atoms with Crippen LogP contribution in [0.3, 0.4) is 0 Å². The second kappa shape index (κ2) is 9.71. The minimum atomic E-state index is -2.54. The molecule has 3 rings (SSSR count). The van der Waals surface area contributed by atoms with Crippen LogP contribution >= 0.6 is 11.3 Å². The molecular weight excluding hydrogens is 430 g/mol. The van der Waals surface area contributed by atoms with Crippen LogP contribution in [0.1, 0.15) is 47.8 Å². The normalized spacial score (nSPS) is 14.4. The highest BCUT2D eigenvalue weighted by atomic mass is 32.1. The van der Waals surface area contributed by atoms with Crippen LogP contribution < -0.4 is 11.1 Å². The molecule has 0 radical (unpaired) electrons. The Hall–Kier alpha value is -3.57. The zero-order valence-corrected chi connectivity index (χ0v) is 18.4. The van der Waals surface area contributed by atoms with Gasteiger partial charge in [0.2, 0.25) is 6.41 Å². The summed E-state index contributed by atoms with van der Waals surface area (Å²) in [4.78, 5) is 17.3.